The number of anilines is 2. The number of hydrogen-bond donors (Lipinski definition) is 1. The topological polar surface area (TPSA) is 57.4 Å². The van der Waals surface area contributed by atoms with E-state index < -0.39 is 10.3 Å². The van der Waals surface area contributed by atoms with E-state index in [4.69, 9.17) is 4.55 Å². The molecular formula is C10H7NO3S. The summed E-state index contributed by atoms with van der Waals surface area (Å²) < 4.78 is 31.8. The summed E-state index contributed by atoms with van der Waals surface area (Å²) in [5.41, 5.74) is 1.13. The van der Waals surface area contributed by atoms with Gasteiger partial charge in [0.2, 0.25) is 0 Å². The molecule has 0 amide bonds. The van der Waals surface area contributed by atoms with Crippen molar-refractivity contribution in [1.29, 1.82) is 0 Å². The molecule has 1 heterocycles. The lowest BCUT2D eigenvalue weighted by atomic mass is 10.1. The van der Waals surface area contributed by atoms with Gasteiger partial charge in [-0.3, -0.25) is 4.55 Å². The highest BCUT2D eigenvalue weighted by Gasteiger charge is 2.40. The molecule has 1 N–H and O–H groups in total. The quantitative estimate of drug-likeness (QED) is 0.592. The maximum absolute atomic E-state index is 11.0. The number of rotatable bonds is 1. The molecule has 0 aliphatic carbocycles. The Morgan fingerprint density at radius 2 is 1.80 bits per heavy atom. The fourth-order valence-electron chi connectivity index (χ4n) is 1.82. The average Bonchev–Trinajstić information content (AvgIpc) is 2.91. The largest absolute Gasteiger partial charge is 0.364 e. The van der Waals surface area contributed by atoms with Crippen LogP contribution in [0.15, 0.2) is 36.4 Å². The second-order valence-electron chi connectivity index (χ2n) is 3.40. The second kappa shape index (κ2) is 2.50. The number of benzene rings is 2. The van der Waals surface area contributed by atoms with Crippen molar-refractivity contribution in [1.82, 2.24) is 0 Å². The summed E-state index contributed by atoms with van der Waals surface area (Å²) in [6.45, 7) is 0. The Labute approximate surface area is 86.6 Å². The Hall–Kier alpha value is -1.59. The SMILES string of the molecule is O=S(=O)(O)N1c2ccc3ccccc3c21. The summed E-state index contributed by atoms with van der Waals surface area (Å²) in [4.78, 5) is 0. The maximum Gasteiger partial charge on any atom is 0.364 e. The van der Waals surface area contributed by atoms with Gasteiger partial charge in [0.05, 0.1) is 11.4 Å². The van der Waals surface area contributed by atoms with Gasteiger partial charge in [-0.25, -0.2) is 4.31 Å². The minimum Gasteiger partial charge on any atom is -0.269 e. The van der Waals surface area contributed by atoms with E-state index in [1.807, 2.05) is 30.3 Å². The van der Waals surface area contributed by atoms with Crippen molar-refractivity contribution in [3.8, 4) is 0 Å². The Morgan fingerprint density at radius 3 is 2.53 bits per heavy atom. The van der Waals surface area contributed by atoms with Crippen molar-refractivity contribution in [3.63, 3.8) is 0 Å². The molecule has 4 nitrogen and oxygen atoms in total. The van der Waals surface area contributed by atoms with Crippen molar-refractivity contribution >= 4 is 32.5 Å². The summed E-state index contributed by atoms with van der Waals surface area (Å²) >= 11 is 0. The van der Waals surface area contributed by atoms with E-state index in [-0.39, 0.29) is 0 Å². The first-order chi connectivity index (χ1) is 7.09. The zero-order valence-corrected chi connectivity index (χ0v) is 8.40. The lowest BCUT2D eigenvalue weighted by molar-refractivity contribution is 0.486. The van der Waals surface area contributed by atoms with E-state index in [2.05, 4.69) is 0 Å². The highest BCUT2D eigenvalue weighted by atomic mass is 32.2. The van der Waals surface area contributed by atoms with Gasteiger partial charge in [0.15, 0.2) is 0 Å². The van der Waals surface area contributed by atoms with E-state index in [0.29, 0.717) is 11.4 Å². The average molecular weight is 221 g/mol. The van der Waals surface area contributed by atoms with Gasteiger partial charge in [-0.05, 0) is 11.5 Å². The van der Waals surface area contributed by atoms with Gasteiger partial charge in [-0.15, -0.1) is 0 Å². The van der Waals surface area contributed by atoms with Crippen LogP contribution in [0.1, 0.15) is 0 Å². The molecule has 1 aliphatic heterocycles. The Balaban J connectivity index is 2.31. The zero-order chi connectivity index (χ0) is 10.6. The van der Waals surface area contributed by atoms with Gasteiger partial charge in [-0.1, -0.05) is 30.3 Å². The smallest absolute Gasteiger partial charge is 0.269 e. The maximum atomic E-state index is 11.0. The molecule has 3 rings (SSSR count). The molecule has 0 spiro atoms. The van der Waals surface area contributed by atoms with Gasteiger partial charge in [0, 0.05) is 5.39 Å². The van der Waals surface area contributed by atoms with E-state index >= 15 is 0 Å². The van der Waals surface area contributed by atoms with Crippen LogP contribution < -0.4 is 4.31 Å². The normalized spacial score (nSPS) is 14.1. The predicted octanol–water partition coefficient (Wildman–Crippen LogP) is 2.09. The van der Waals surface area contributed by atoms with Crippen LogP contribution in [0.3, 0.4) is 0 Å². The highest BCUT2D eigenvalue weighted by molar-refractivity contribution is 7.88. The first-order valence-corrected chi connectivity index (χ1v) is 5.78. The van der Waals surface area contributed by atoms with Gasteiger partial charge >= 0.3 is 10.3 Å². The third-order valence-corrected chi connectivity index (χ3v) is 3.32. The third-order valence-electron chi connectivity index (χ3n) is 2.48. The van der Waals surface area contributed by atoms with E-state index in [9.17, 15) is 8.42 Å². The Kier molecular flexibility index (Phi) is 1.45. The number of hydrogen-bond acceptors (Lipinski definition) is 2. The van der Waals surface area contributed by atoms with Gasteiger partial charge in [-0.2, -0.15) is 8.42 Å². The summed E-state index contributed by atoms with van der Waals surface area (Å²) in [6.07, 6.45) is 0. The molecule has 0 unspecified atom stereocenters. The van der Waals surface area contributed by atoms with Crippen molar-refractivity contribution in [2.75, 3.05) is 4.31 Å². The molecule has 0 bridgehead atoms. The van der Waals surface area contributed by atoms with Crippen molar-refractivity contribution in [2.24, 2.45) is 0 Å². The van der Waals surface area contributed by atoms with Gasteiger partial charge in [0.1, 0.15) is 0 Å². The first-order valence-electron chi connectivity index (χ1n) is 4.38. The van der Waals surface area contributed by atoms with Crippen LogP contribution in [-0.4, -0.2) is 13.0 Å². The monoisotopic (exact) mass is 221 g/mol. The lowest BCUT2D eigenvalue weighted by Crippen LogP contribution is -2.11. The zero-order valence-electron chi connectivity index (χ0n) is 7.58. The van der Waals surface area contributed by atoms with Crippen molar-refractivity contribution in [3.05, 3.63) is 36.4 Å². The molecule has 0 radical (unpaired) electrons. The van der Waals surface area contributed by atoms with Crippen LogP contribution in [0.25, 0.3) is 10.8 Å². The molecule has 2 aromatic rings. The molecule has 0 saturated heterocycles. The fourth-order valence-corrected chi connectivity index (χ4v) is 2.60. The minimum absolute atomic E-state index is 0.552. The first kappa shape index (κ1) is 8.70. The van der Waals surface area contributed by atoms with Crippen LogP contribution in [0, 0.1) is 0 Å². The summed E-state index contributed by atoms with van der Waals surface area (Å²) in [5, 5.41) is 1.80. The van der Waals surface area contributed by atoms with Gasteiger partial charge < -0.3 is 0 Å². The predicted molar refractivity (Wildman–Crippen MR) is 57.6 cm³/mol. The lowest BCUT2D eigenvalue weighted by Gasteiger charge is -1.95. The molecular weight excluding hydrogens is 214 g/mol. The van der Waals surface area contributed by atoms with E-state index in [1.54, 1.807) is 6.07 Å². The molecule has 76 valence electrons. The number of nitrogens with zero attached hydrogens (tertiary/aromatic N) is 1. The molecule has 2 aromatic carbocycles. The summed E-state index contributed by atoms with van der Waals surface area (Å²) in [6, 6.07) is 11.0. The molecule has 15 heavy (non-hydrogen) atoms. The van der Waals surface area contributed by atoms with Crippen LogP contribution in [0.2, 0.25) is 0 Å². The van der Waals surface area contributed by atoms with E-state index in [1.165, 1.54) is 0 Å². The number of fused-ring (bicyclic) bond motifs is 3. The molecule has 5 heteroatoms. The van der Waals surface area contributed by atoms with Crippen LogP contribution in [0.5, 0.6) is 0 Å². The minimum atomic E-state index is -4.15. The van der Waals surface area contributed by atoms with Crippen LogP contribution in [0.4, 0.5) is 11.4 Å². The molecule has 0 saturated carbocycles. The molecule has 0 aromatic heterocycles. The third kappa shape index (κ3) is 1.14. The Morgan fingerprint density at radius 1 is 1.07 bits per heavy atom. The fraction of sp³-hybridized carbons (Fsp3) is 0. The summed E-state index contributed by atoms with van der Waals surface area (Å²) in [5.74, 6) is 0. The Bertz CT molecular complexity index is 663. The summed E-state index contributed by atoms with van der Waals surface area (Å²) in [7, 11) is -4.15. The standard InChI is InChI=1S/C10H7NO3S/c12-15(13,14)11-9-6-5-7-3-1-2-4-8(7)10(9)11/h1-6H,(H,12,13,14). The molecule has 1 aliphatic rings. The van der Waals surface area contributed by atoms with Crippen molar-refractivity contribution < 1.29 is 13.0 Å². The van der Waals surface area contributed by atoms with Gasteiger partial charge in [0.25, 0.3) is 0 Å². The van der Waals surface area contributed by atoms with Crippen molar-refractivity contribution in [2.45, 2.75) is 0 Å². The van der Waals surface area contributed by atoms with Crippen LogP contribution in [-0.2, 0) is 10.3 Å². The second-order valence-corrected chi connectivity index (χ2v) is 4.66. The van der Waals surface area contributed by atoms with E-state index in [0.717, 1.165) is 15.1 Å². The highest BCUT2D eigenvalue weighted by Crippen LogP contribution is 2.53. The molecule has 0 atom stereocenters. The molecule has 0 fully saturated rings. The van der Waals surface area contributed by atoms with Crippen LogP contribution >= 0.6 is 0 Å².